The topological polar surface area (TPSA) is 28.2 Å². The van der Waals surface area contributed by atoms with Crippen molar-refractivity contribution in [3.63, 3.8) is 0 Å². The van der Waals surface area contributed by atoms with Crippen molar-refractivity contribution in [2.75, 3.05) is 24.5 Å². The summed E-state index contributed by atoms with van der Waals surface area (Å²) in [5, 5.41) is 3.53. The lowest BCUT2D eigenvalue weighted by Crippen LogP contribution is -2.39. The second kappa shape index (κ2) is 4.91. The Labute approximate surface area is 119 Å². The first-order chi connectivity index (χ1) is 9.90. The van der Waals surface area contributed by atoms with Crippen molar-refractivity contribution < 1.29 is 0 Å². The zero-order chi connectivity index (χ0) is 13.4. The largest absolute Gasteiger partial charge is 0.366 e. The predicted octanol–water partition coefficient (Wildman–Crippen LogP) is 2.55. The summed E-state index contributed by atoms with van der Waals surface area (Å²) >= 11 is 0. The summed E-state index contributed by atoms with van der Waals surface area (Å²) in [4.78, 5) is 6.99. The summed E-state index contributed by atoms with van der Waals surface area (Å²) < 4.78 is 0. The number of benzene rings is 1. The molecule has 3 heterocycles. The van der Waals surface area contributed by atoms with Crippen LogP contribution in [-0.2, 0) is 0 Å². The molecule has 2 aliphatic heterocycles. The van der Waals surface area contributed by atoms with Gasteiger partial charge in [-0.1, -0.05) is 30.3 Å². The molecule has 2 aliphatic rings. The summed E-state index contributed by atoms with van der Waals surface area (Å²) in [6, 6.07) is 13.4. The monoisotopic (exact) mass is 265 g/mol. The van der Waals surface area contributed by atoms with Crippen LogP contribution >= 0.6 is 0 Å². The Morgan fingerprint density at radius 2 is 1.95 bits per heavy atom. The molecule has 3 nitrogen and oxygen atoms in total. The van der Waals surface area contributed by atoms with Crippen molar-refractivity contribution >= 4 is 5.69 Å². The van der Waals surface area contributed by atoms with Gasteiger partial charge in [-0.25, -0.2) is 0 Å². The fraction of sp³-hybridized carbons (Fsp3) is 0.353. The molecule has 0 amide bonds. The first kappa shape index (κ1) is 11.9. The van der Waals surface area contributed by atoms with E-state index < -0.39 is 0 Å². The van der Waals surface area contributed by atoms with Gasteiger partial charge >= 0.3 is 0 Å². The Balaban J connectivity index is 1.66. The minimum absolute atomic E-state index is 0.640. The number of fused-ring (bicyclic) bond motifs is 2. The van der Waals surface area contributed by atoms with Crippen LogP contribution in [0.3, 0.4) is 0 Å². The summed E-state index contributed by atoms with van der Waals surface area (Å²) in [7, 11) is 0. The molecule has 3 heteroatoms. The summed E-state index contributed by atoms with van der Waals surface area (Å²) in [5.41, 5.74) is 3.71. The van der Waals surface area contributed by atoms with Gasteiger partial charge in [-0.05, 0) is 30.5 Å². The standard InChI is InChI=1S/C17H19N3/c1-2-4-14(5-3-1)15-7-17(11-19-9-15)20-12-13-6-16(20)10-18-8-13/h1-5,7,9,11,13,16,18H,6,8,10,12H2. The number of anilines is 1. The summed E-state index contributed by atoms with van der Waals surface area (Å²) in [6.07, 6.45) is 5.29. The van der Waals surface area contributed by atoms with Crippen molar-refractivity contribution in [3.05, 3.63) is 48.8 Å². The number of hydrogen-bond donors (Lipinski definition) is 1. The van der Waals surface area contributed by atoms with Crippen LogP contribution in [0.1, 0.15) is 6.42 Å². The number of piperidine rings is 1. The average molecular weight is 265 g/mol. The highest BCUT2D eigenvalue weighted by molar-refractivity contribution is 5.67. The van der Waals surface area contributed by atoms with E-state index in [1.165, 1.54) is 29.8 Å². The Hall–Kier alpha value is -1.87. The molecule has 2 fully saturated rings. The zero-order valence-electron chi connectivity index (χ0n) is 11.5. The SMILES string of the molecule is c1ccc(-c2cncc(N3CC4CNCC3C4)c2)cc1. The Bertz CT molecular complexity index is 596. The average Bonchev–Trinajstić information content (AvgIpc) is 2.82. The van der Waals surface area contributed by atoms with Crippen molar-refractivity contribution in [1.29, 1.82) is 0 Å². The van der Waals surface area contributed by atoms with Gasteiger partial charge in [-0.15, -0.1) is 0 Å². The van der Waals surface area contributed by atoms with Gasteiger partial charge in [0.15, 0.2) is 0 Å². The van der Waals surface area contributed by atoms with E-state index in [9.17, 15) is 0 Å². The molecule has 0 aliphatic carbocycles. The normalized spacial score (nSPS) is 24.9. The van der Waals surface area contributed by atoms with E-state index in [1.54, 1.807) is 0 Å². The lowest BCUT2D eigenvalue weighted by atomic mass is 10.0. The molecule has 1 aromatic carbocycles. The van der Waals surface area contributed by atoms with Gasteiger partial charge in [0.2, 0.25) is 0 Å². The predicted molar refractivity (Wildman–Crippen MR) is 81.8 cm³/mol. The van der Waals surface area contributed by atoms with Gasteiger partial charge in [0.1, 0.15) is 0 Å². The van der Waals surface area contributed by atoms with E-state index in [1.807, 2.05) is 12.4 Å². The van der Waals surface area contributed by atoms with Crippen LogP contribution in [0.25, 0.3) is 11.1 Å². The van der Waals surface area contributed by atoms with Crippen molar-refractivity contribution in [3.8, 4) is 11.1 Å². The van der Waals surface area contributed by atoms with Gasteiger partial charge < -0.3 is 10.2 Å². The lowest BCUT2D eigenvalue weighted by Gasteiger charge is -2.26. The molecule has 0 spiro atoms. The third-order valence-corrected chi connectivity index (χ3v) is 4.48. The second-order valence-electron chi connectivity index (χ2n) is 5.86. The highest BCUT2D eigenvalue weighted by atomic mass is 15.2. The fourth-order valence-corrected chi connectivity index (χ4v) is 3.50. The summed E-state index contributed by atoms with van der Waals surface area (Å²) in [6.45, 7) is 3.43. The molecule has 1 aromatic heterocycles. The Morgan fingerprint density at radius 1 is 1.05 bits per heavy atom. The highest BCUT2D eigenvalue weighted by Gasteiger charge is 2.35. The summed E-state index contributed by atoms with van der Waals surface area (Å²) in [5.74, 6) is 0.800. The number of nitrogens with one attached hydrogen (secondary N) is 1. The molecule has 20 heavy (non-hydrogen) atoms. The van der Waals surface area contributed by atoms with Crippen molar-refractivity contribution in [2.45, 2.75) is 12.5 Å². The van der Waals surface area contributed by atoms with E-state index in [0.29, 0.717) is 6.04 Å². The molecular weight excluding hydrogens is 246 g/mol. The minimum Gasteiger partial charge on any atom is -0.366 e. The van der Waals surface area contributed by atoms with Crippen LogP contribution in [0.5, 0.6) is 0 Å². The molecule has 1 N–H and O–H groups in total. The minimum atomic E-state index is 0.640. The van der Waals surface area contributed by atoms with Crippen molar-refractivity contribution in [1.82, 2.24) is 10.3 Å². The molecule has 0 saturated carbocycles. The molecule has 2 unspecified atom stereocenters. The number of pyridine rings is 1. The van der Waals surface area contributed by atoms with E-state index in [-0.39, 0.29) is 0 Å². The van der Waals surface area contributed by atoms with Crippen LogP contribution in [-0.4, -0.2) is 30.7 Å². The molecule has 2 saturated heterocycles. The van der Waals surface area contributed by atoms with Gasteiger partial charge in [-0.2, -0.15) is 0 Å². The van der Waals surface area contributed by atoms with E-state index in [4.69, 9.17) is 0 Å². The highest BCUT2D eigenvalue weighted by Crippen LogP contribution is 2.32. The van der Waals surface area contributed by atoms with Crippen molar-refractivity contribution in [2.24, 2.45) is 5.92 Å². The van der Waals surface area contributed by atoms with Gasteiger partial charge in [0, 0.05) is 30.9 Å². The van der Waals surface area contributed by atoms with Crippen LogP contribution < -0.4 is 10.2 Å². The van der Waals surface area contributed by atoms with Gasteiger partial charge in [0.25, 0.3) is 0 Å². The first-order valence-corrected chi connectivity index (χ1v) is 7.38. The zero-order valence-corrected chi connectivity index (χ0v) is 11.5. The van der Waals surface area contributed by atoms with Crippen LogP contribution in [0.15, 0.2) is 48.8 Å². The Kier molecular flexibility index (Phi) is 2.92. The van der Waals surface area contributed by atoms with Gasteiger partial charge in [-0.3, -0.25) is 4.98 Å². The molecule has 2 aromatic rings. The molecule has 2 bridgehead atoms. The first-order valence-electron chi connectivity index (χ1n) is 7.38. The molecular formula is C17H19N3. The third-order valence-electron chi connectivity index (χ3n) is 4.48. The van der Waals surface area contributed by atoms with Gasteiger partial charge in [0.05, 0.1) is 11.9 Å². The Morgan fingerprint density at radius 3 is 2.80 bits per heavy atom. The fourth-order valence-electron chi connectivity index (χ4n) is 3.50. The molecule has 2 atom stereocenters. The van der Waals surface area contributed by atoms with E-state index >= 15 is 0 Å². The number of aromatic nitrogens is 1. The smallest absolute Gasteiger partial charge is 0.0562 e. The number of hydrogen-bond acceptors (Lipinski definition) is 3. The number of nitrogens with zero attached hydrogens (tertiary/aromatic N) is 2. The maximum absolute atomic E-state index is 4.46. The van der Waals surface area contributed by atoms with Crippen LogP contribution in [0.2, 0.25) is 0 Å². The maximum atomic E-state index is 4.46. The lowest BCUT2D eigenvalue weighted by molar-refractivity contribution is 0.434. The van der Waals surface area contributed by atoms with E-state index in [2.05, 4.69) is 51.6 Å². The maximum Gasteiger partial charge on any atom is 0.0562 e. The second-order valence-corrected chi connectivity index (χ2v) is 5.86. The van der Waals surface area contributed by atoms with E-state index in [0.717, 1.165) is 19.0 Å². The molecule has 4 rings (SSSR count). The van der Waals surface area contributed by atoms with Crippen LogP contribution in [0.4, 0.5) is 5.69 Å². The number of rotatable bonds is 2. The third kappa shape index (κ3) is 2.08. The molecule has 0 radical (unpaired) electrons. The quantitative estimate of drug-likeness (QED) is 0.904. The van der Waals surface area contributed by atoms with Crippen LogP contribution in [0, 0.1) is 5.92 Å². The molecule has 102 valence electrons.